The average Bonchev–Trinajstić information content (AvgIpc) is 2.55. The fourth-order valence-electron chi connectivity index (χ4n) is 3.82. The summed E-state index contributed by atoms with van der Waals surface area (Å²) in [4.78, 5) is 17.1. The van der Waals surface area contributed by atoms with Crippen molar-refractivity contribution in [3.05, 3.63) is 29.8 Å². The van der Waals surface area contributed by atoms with E-state index in [1.54, 1.807) is 0 Å². The lowest BCUT2D eigenvalue weighted by Gasteiger charge is -2.35. The molecule has 0 spiro atoms. The first-order chi connectivity index (χ1) is 10.8. The molecule has 0 radical (unpaired) electrons. The summed E-state index contributed by atoms with van der Waals surface area (Å²) in [6.07, 6.45) is 4.65. The summed E-state index contributed by atoms with van der Waals surface area (Å²) < 4.78 is 0. The summed E-state index contributed by atoms with van der Waals surface area (Å²) in [6, 6.07) is 8.35. The third-order valence-corrected chi connectivity index (χ3v) is 4.87. The number of amides is 1. The first-order valence-corrected chi connectivity index (χ1v) is 8.53. The molecule has 1 N–H and O–H groups in total. The van der Waals surface area contributed by atoms with E-state index in [-0.39, 0.29) is 5.91 Å². The first-order valence-electron chi connectivity index (χ1n) is 8.53. The Labute approximate surface area is 133 Å². The number of hydrogen-bond donors (Lipinski definition) is 1. The van der Waals surface area contributed by atoms with Crippen molar-refractivity contribution >= 4 is 11.6 Å². The third kappa shape index (κ3) is 3.50. The van der Waals surface area contributed by atoms with Crippen LogP contribution in [0.2, 0.25) is 0 Å². The van der Waals surface area contributed by atoms with Gasteiger partial charge in [0, 0.05) is 18.8 Å². The first kappa shape index (κ1) is 15.5. The molecule has 2 aliphatic heterocycles. The minimum absolute atomic E-state index is 0.261. The monoisotopic (exact) mass is 301 g/mol. The van der Waals surface area contributed by atoms with Gasteiger partial charge in [0.1, 0.15) is 0 Å². The molecule has 0 saturated carbocycles. The lowest BCUT2D eigenvalue weighted by molar-refractivity contribution is -0.120. The number of nitrogens with zero attached hydrogens (tertiary/aromatic N) is 2. The van der Waals surface area contributed by atoms with Crippen LogP contribution in [0, 0.1) is 5.92 Å². The van der Waals surface area contributed by atoms with Crippen LogP contribution in [0.3, 0.4) is 0 Å². The molecule has 22 heavy (non-hydrogen) atoms. The molecule has 120 valence electrons. The van der Waals surface area contributed by atoms with E-state index in [0.29, 0.717) is 12.5 Å². The number of hydrogen-bond acceptors (Lipinski definition) is 3. The van der Waals surface area contributed by atoms with Gasteiger partial charge < -0.3 is 10.2 Å². The van der Waals surface area contributed by atoms with E-state index in [1.165, 1.54) is 18.4 Å². The van der Waals surface area contributed by atoms with E-state index in [4.69, 9.17) is 0 Å². The summed E-state index contributed by atoms with van der Waals surface area (Å²) in [7, 11) is 2.01. The van der Waals surface area contributed by atoms with Gasteiger partial charge in [-0.2, -0.15) is 0 Å². The fraction of sp³-hybridized carbons (Fsp3) is 0.611. The zero-order valence-corrected chi connectivity index (χ0v) is 13.6. The number of anilines is 1. The number of carbonyl (C=O) groups is 1. The molecule has 0 bridgehead atoms. The number of aryl methyl sites for hydroxylation is 1. The Morgan fingerprint density at radius 1 is 1.27 bits per heavy atom. The van der Waals surface area contributed by atoms with E-state index in [0.717, 1.165) is 44.7 Å². The van der Waals surface area contributed by atoms with E-state index in [1.807, 2.05) is 18.0 Å². The van der Waals surface area contributed by atoms with Crippen molar-refractivity contribution in [3.63, 3.8) is 0 Å². The molecule has 0 aromatic heterocycles. The summed E-state index contributed by atoms with van der Waals surface area (Å²) in [5, 5.41) is 3.27. The highest BCUT2D eigenvalue weighted by Crippen LogP contribution is 2.27. The highest BCUT2D eigenvalue weighted by Gasteiger charge is 2.26. The Balaban J connectivity index is 1.63. The second-order valence-electron chi connectivity index (χ2n) is 6.58. The van der Waals surface area contributed by atoms with Crippen molar-refractivity contribution in [2.24, 2.45) is 5.92 Å². The van der Waals surface area contributed by atoms with Gasteiger partial charge in [0.25, 0.3) is 0 Å². The zero-order chi connectivity index (χ0) is 15.4. The summed E-state index contributed by atoms with van der Waals surface area (Å²) in [6.45, 7) is 4.58. The molecule has 3 rings (SSSR count). The molecule has 4 nitrogen and oxygen atoms in total. The van der Waals surface area contributed by atoms with E-state index < -0.39 is 0 Å². The van der Waals surface area contributed by atoms with Crippen LogP contribution < -0.4 is 10.2 Å². The predicted octanol–water partition coefficient (Wildman–Crippen LogP) is 1.90. The Bertz CT molecular complexity index is 515. The van der Waals surface area contributed by atoms with Crippen LogP contribution >= 0.6 is 0 Å². The largest absolute Gasteiger partial charge is 0.319 e. The van der Waals surface area contributed by atoms with Crippen LogP contribution in [0.15, 0.2) is 24.3 Å². The van der Waals surface area contributed by atoms with E-state index in [9.17, 15) is 4.79 Å². The van der Waals surface area contributed by atoms with Crippen molar-refractivity contribution in [1.29, 1.82) is 0 Å². The van der Waals surface area contributed by atoms with Gasteiger partial charge in [-0.05, 0) is 63.4 Å². The molecule has 1 unspecified atom stereocenters. The van der Waals surface area contributed by atoms with Gasteiger partial charge in [0.2, 0.25) is 5.91 Å². The number of benzene rings is 1. The number of nitrogens with one attached hydrogen (secondary N) is 1. The minimum atomic E-state index is 0.261. The molecule has 1 saturated heterocycles. The lowest BCUT2D eigenvalue weighted by atomic mass is 9.98. The van der Waals surface area contributed by atoms with Gasteiger partial charge in [-0.25, -0.2) is 0 Å². The number of carbonyl (C=O) groups excluding carboxylic acids is 1. The second kappa shape index (κ2) is 7.25. The SMILES string of the molecule is CNCC1CCCN(CC(=O)N2CCCc3ccccc32)C1. The van der Waals surface area contributed by atoms with Crippen LogP contribution in [-0.4, -0.2) is 50.6 Å². The van der Waals surface area contributed by atoms with Crippen LogP contribution in [0.5, 0.6) is 0 Å². The Kier molecular flexibility index (Phi) is 5.11. The Morgan fingerprint density at radius 3 is 3.00 bits per heavy atom. The number of likely N-dealkylation sites (tertiary alicyclic amines) is 1. The van der Waals surface area contributed by atoms with Crippen LogP contribution in [0.1, 0.15) is 24.8 Å². The zero-order valence-electron chi connectivity index (χ0n) is 13.6. The molecular weight excluding hydrogens is 274 g/mol. The molecule has 4 heteroatoms. The minimum Gasteiger partial charge on any atom is -0.319 e. The Hall–Kier alpha value is -1.39. The molecule has 1 fully saturated rings. The van der Waals surface area contributed by atoms with Crippen molar-refractivity contribution in [3.8, 4) is 0 Å². The van der Waals surface area contributed by atoms with Crippen LogP contribution in [0.4, 0.5) is 5.69 Å². The predicted molar refractivity (Wildman–Crippen MR) is 90.2 cm³/mol. The highest BCUT2D eigenvalue weighted by molar-refractivity contribution is 5.95. The van der Waals surface area contributed by atoms with Crippen LogP contribution in [-0.2, 0) is 11.2 Å². The van der Waals surface area contributed by atoms with E-state index >= 15 is 0 Å². The van der Waals surface area contributed by atoms with E-state index in [2.05, 4.69) is 28.4 Å². The van der Waals surface area contributed by atoms with Gasteiger partial charge in [-0.1, -0.05) is 18.2 Å². The smallest absolute Gasteiger partial charge is 0.241 e. The lowest BCUT2D eigenvalue weighted by Crippen LogP contribution is -2.46. The summed E-state index contributed by atoms with van der Waals surface area (Å²) >= 11 is 0. The molecule has 1 amide bonds. The number of fused-ring (bicyclic) bond motifs is 1. The van der Waals surface area contributed by atoms with Gasteiger partial charge >= 0.3 is 0 Å². The van der Waals surface area contributed by atoms with Crippen molar-refractivity contribution in [2.45, 2.75) is 25.7 Å². The maximum Gasteiger partial charge on any atom is 0.241 e. The topological polar surface area (TPSA) is 35.6 Å². The number of piperidine rings is 1. The second-order valence-corrected chi connectivity index (χ2v) is 6.58. The fourth-order valence-corrected chi connectivity index (χ4v) is 3.82. The summed E-state index contributed by atoms with van der Waals surface area (Å²) in [5.74, 6) is 0.942. The molecule has 1 aromatic rings. The summed E-state index contributed by atoms with van der Waals surface area (Å²) in [5.41, 5.74) is 2.44. The average molecular weight is 301 g/mol. The molecule has 2 heterocycles. The maximum absolute atomic E-state index is 12.8. The van der Waals surface area contributed by atoms with Crippen molar-refractivity contribution in [2.75, 3.05) is 44.7 Å². The quantitative estimate of drug-likeness (QED) is 0.922. The standard InChI is InChI=1S/C18H27N3O/c1-19-12-15-6-4-10-20(13-15)14-18(22)21-11-5-8-16-7-2-3-9-17(16)21/h2-3,7,9,15,19H,4-6,8,10-14H2,1H3. The van der Waals surface area contributed by atoms with Gasteiger partial charge in [0.15, 0.2) is 0 Å². The van der Waals surface area contributed by atoms with Gasteiger partial charge in [0.05, 0.1) is 6.54 Å². The van der Waals surface area contributed by atoms with Gasteiger partial charge in [-0.15, -0.1) is 0 Å². The molecule has 0 aliphatic carbocycles. The molecule has 1 aromatic carbocycles. The molecular formula is C18H27N3O. The normalized spacial score (nSPS) is 22.4. The van der Waals surface area contributed by atoms with Gasteiger partial charge in [-0.3, -0.25) is 9.69 Å². The third-order valence-electron chi connectivity index (χ3n) is 4.87. The number of para-hydroxylation sites is 1. The number of rotatable bonds is 4. The highest BCUT2D eigenvalue weighted by atomic mass is 16.2. The maximum atomic E-state index is 12.8. The van der Waals surface area contributed by atoms with Crippen molar-refractivity contribution in [1.82, 2.24) is 10.2 Å². The van der Waals surface area contributed by atoms with Crippen LogP contribution in [0.25, 0.3) is 0 Å². The Morgan fingerprint density at radius 2 is 2.14 bits per heavy atom. The molecule has 2 aliphatic rings. The molecule has 1 atom stereocenters. The van der Waals surface area contributed by atoms with Crippen molar-refractivity contribution < 1.29 is 4.79 Å².